The molecule has 0 spiro atoms. The fourth-order valence-corrected chi connectivity index (χ4v) is 2.53. The van der Waals surface area contributed by atoms with Crippen molar-refractivity contribution in [2.45, 2.75) is 13.3 Å². The maximum Gasteiger partial charge on any atom is 0.144 e. The van der Waals surface area contributed by atoms with E-state index in [0.29, 0.717) is 11.4 Å². The van der Waals surface area contributed by atoms with Crippen molar-refractivity contribution in [2.24, 2.45) is 0 Å². The Bertz CT molecular complexity index is 586. The molecule has 0 aliphatic heterocycles. The van der Waals surface area contributed by atoms with Crippen LogP contribution in [0.1, 0.15) is 18.9 Å². The Morgan fingerprint density at radius 1 is 1.39 bits per heavy atom. The van der Waals surface area contributed by atoms with Crippen molar-refractivity contribution in [1.82, 2.24) is 4.98 Å². The number of pyridine rings is 1. The van der Waals surface area contributed by atoms with Gasteiger partial charge in [0.15, 0.2) is 0 Å². The minimum Gasteiger partial charge on any atom is -0.369 e. The van der Waals surface area contributed by atoms with Gasteiger partial charge in [0.2, 0.25) is 0 Å². The highest BCUT2D eigenvalue weighted by atomic mass is 35.5. The van der Waals surface area contributed by atoms with Gasteiger partial charge in [0.05, 0.1) is 20.5 Å². The van der Waals surface area contributed by atoms with Crippen LogP contribution in [0.25, 0.3) is 10.6 Å². The second-order valence-electron chi connectivity index (χ2n) is 3.73. The molecule has 0 radical (unpaired) electrons. The molecule has 1 N–H and O–H groups in total. The van der Waals surface area contributed by atoms with Crippen LogP contribution in [0.15, 0.2) is 24.3 Å². The first-order valence-corrected chi connectivity index (χ1v) is 6.84. The summed E-state index contributed by atoms with van der Waals surface area (Å²) in [6.07, 6.45) is 0.988. The van der Waals surface area contributed by atoms with Crippen molar-refractivity contribution in [3.8, 4) is 16.6 Å². The summed E-state index contributed by atoms with van der Waals surface area (Å²) in [5.41, 5.74) is 1.40. The lowest BCUT2D eigenvalue weighted by Crippen LogP contribution is -2.04. The summed E-state index contributed by atoms with van der Waals surface area (Å²) in [5, 5.41) is 12.2. The van der Waals surface area contributed by atoms with E-state index >= 15 is 0 Å². The van der Waals surface area contributed by atoms with Crippen LogP contribution < -0.4 is 5.32 Å². The lowest BCUT2D eigenvalue weighted by Gasteiger charge is -2.07. The molecule has 2 aromatic rings. The topological polar surface area (TPSA) is 48.7 Å². The molecule has 18 heavy (non-hydrogen) atoms. The number of nitriles is 1. The van der Waals surface area contributed by atoms with Gasteiger partial charge in [-0.1, -0.05) is 18.5 Å². The van der Waals surface area contributed by atoms with Gasteiger partial charge in [0.25, 0.3) is 0 Å². The summed E-state index contributed by atoms with van der Waals surface area (Å²) in [7, 11) is 0. The lowest BCUT2D eigenvalue weighted by atomic mass is 10.2. The number of halogens is 1. The molecule has 0 fully saturated rings. The standard InChI is InChI=1S/C13H12ClN3S/c1-2-7-16-13-9(8-15)3-4-10(17-13)11-5-6-12(14)18-11/h3-6H,2,7H2,1H3,(H,16,17). The molecule has 5 heteroatoms. The van der Waals surface area contributed by atoms with Gasteiger partial charge in [-0.05, 0) is 30.7 Å². The summed E-state index contributed by atoms with van der Waals surface area (Å²) in [6, 6.07) is 9.55. The summed E-state index contributed by atoms with van der Waals surface area (Å²) >= 11 is 7.39. The highest BCUT2D eigenvalue weighted by Gasteiger charge is 2.08. The number of anilines is 1. The molecule has 0 aromatic carbocycles. The highest BCUT2D eigenvalue weighted by Crippen LogP contribution is 2.31. The van der Waals surface area contributed by atoms with Gasteiger partial charge in [0, 0.05) is 6.54 Å². The second kappa shape index (κ2) is 5.85. The zero-order valence-corrected chi connectivity index (χ0v) is 11.5. The predicted molar refractivity (Wildman–Crippen MR) is 76.1 cm³/mol. The van der Waals surface area contributed by atoms with Crippen molar-refractivity contribution in [1.29, 1.82) is 5.26 Å². The predicted octanol–water partition coefficient (Wildman–Crippen LogP) is 4.16. The number of rotatable bonds is 4. The lowest BCUT2D eigenvalue weighted by molar-refractivity contribution is 0.968. The molecule has 0 atom stereocenters. The van der Waals surface area contributed by atoms with Gasteiger partial charge in [-0.15, -0.1) is 11.3 Å². The highest BCUT2D eigenvalue weighted by molar-refractivity contribution is 7.19. The molecule has 2 heterocycles. The maximum atomic E-state index is 9.03. The normalized spacial score (nSPS) is 10.1. The molecule has 0 saturated heterocycles. The van der Waals surface area contributed by atoms with Gasteiger partial charge < -0.3 is 5.32 Å². The summed E-state index contributed by atoms with van der Waals surface area (Å²) in [6.45, 7) is 2.87. The molecule has 0 amide bonds. The number of nitrogens with zero attached hydrogens (tertiary/aromatic N) is 2. The number of hydrogen-bond acceptors (Lipinski definition) is 4. The number of nitrogens with one attached hydrogen (secondary N) is 1. The second-order valence-corrected chi connectivity index (χ2v) is 5.45. The molecule has 0 unspecified atom stereocenters. The minimum absolute atomic E-state index is 0.565. The average Bonchev–Trinajstić information content (AvgIpc) is 2.82. The quantitative estimate of drug-likeness (QED) is 0.913. The van der Waals surface area contributed by atoms with Crippen LogP contribution in [0.5, 0.6) is 0 Å². The van der Waals surface area contributed by atoms with Gasteiger partial charge >= 0.3 is 0 Å². The summed E-state index contributed by atoms with van der Waals surface area (Å²) in [5.74, 6) is 0.640. The Balaban J connectivity index is 2.36. The van der Waals surface area contributed by atoms with Crippen LogP contribution in [0.2, 0.25) is 4.34 Å². The molecule has 0 aliphatic rings. The first kappa shape index (κ1) is 12.9. The van der Waals surface area contributed by atoms with E-state index in [1.165, 1.54) is 11.3 Å². The Morgan fingerprint density at radius 2 is 2.22 bits per heavy atom. The van der Waals surface area contributed by atoms with Crippen LogP contribution in [-0.2, 0) is 0 Å². The first-order valence-electron chi connectivity index (χ1n) is 5.65. The molecule has 92 valence electrons. The molecule has 0 saturated carbocycles. The summed E-state index contributed by atoms with van der Waals surface area (Å²) in [4.78, 5) is 5.49. The van der Waals surface area contributed by atoms with E-state index in [4.69, 9.17) is 16.9 Å². The first-order chi connectivity index (χ1) is 8.74. The van der Waals surface area contributed by atoms with Crippen molar-refractivity contribution < 1.29 is 0 Å². The van der Waals surface area contributed by atoms with Crippen molar-refractivity contribution in [3.63, 3.8) is 0 Å². The van der Waals surface area contributed by atoms with Crippen LogP contribution in [0.3, 0.4) is 0 Å². The van der Waals surface area contributed by atoms with E-state index in [2.05, 4.69) is 23.3 Å². The SMILES string of the molecule is CCCNc1nc(-c2ccc(Cl)s2)ccc1C#N. The number of aromatic nitrogens is 1. The van der Waals surface area contributed by atoms with E-state index < -0.39 is 0 Å². The Labute approximate surface area is 115 Å². The molecule has 0 aliphatic carbocycles. The van der Waals surface area contributed by atoms with Crippen molar-refractivity contribution in [2.75, 3.05) is 11.9 Å². The number of hydrogen-bond donors (Lipinski definition) is 1. The van der Waals surface area contributed by atoms with E-state index in [0.717, 1.165) is 27.9 Å². The van der Waals surface area contributed by atoms with E-state index in [1.807, 2.05) is 18.2 Å². The van der Waals surface area contributed by atoms with Crippen LogP contribution >= 0.6 is 22.9 Å². The van der Waals surface area contributed by atoms with Gasteiger partial charge in [-0.25, -0.2) is 4.98 Å². The van der Waals surface area contributed by atoms with E-state index in [-0.39, 0.29) is 0 Å². The number of thiophene rings is 1. The van der Waals surface area contributed by atoms with Crippen LogP contribution in [-0.4, -0.2) is 11.5 Å². The Hall–Kier alpha value is -1.57. The third-order valence-electron chi connectivity index (χ3n) is 2.38. The van der Waals surface area contributed by atoms with Crippen LogP contribution in [0.4, 0.5) is 5.82 Å². The fourth-order valence-electron chi connectivity index (χ4n) is 1.52. The minimum atomic E-state index is 0.565. The largest absolute Gasteiger partial charge is 0.369 e. The average molecular weight is 278 g/mol. The van der Waals surface area contributed by atoms with Crippen molar-refractivity contribution in [3.05, 3.63) is 34.2 Å². The molecule has 2 aromatic heterocycles. The third kappa shape index (κ3) is 2.81. The molecular weight excluding hydrogens is 266 g/mol. The zero-order valence-electron chi connectivity index (χ0n) is 9.90. The molecule has 2 rings (SSSR count). The smallest absolute Gasteiger partial charge is 0.144 e. The molecular formula is C13H12ClN3S. The maximum absolute atomic E-state index is 9.03. The summed E-state index contributed by atoms with van der Waals surface area (Å²) < 4.78 is 0.735. The van der Waals surface area contributed by atoms with E-state index in [9.17, 15) is 0 Å². The Morgan fingerprint density at radius 3 is 2.83 bits per heavy atom. The fraction of sp³-hybridized carbons (Fsp3) is 0.231. The van der Waals surface area contributed by atoms with Gasteiger partial charge in [-0.3, -0.25) is 0 Å². The van der Waals surface area contributed by atoms with Crippen molar-refractivity contribution >= 4 is 28.8 Å². The van der Waals surface area contributed by atoms with Crippen LogP contribution in [0, 0.1) is 11.3 Å². The third-order valence-corrected chi connectivity index (χ3v) is 3.64. The molecule has 3 nitrogen and oxygen atoms in total. The monoisotopic (exact) mass is 277 g/mol. The zero-order chi connectivity index (χ0) is 13.0. The van der Waals surface area contributed by atoms with Gasteiger partial charge in [-0.2, -0.15) is 5.26 Å². The molecule has 0 bridgehead atoms. The van der Waals surface area contributed by atoms with Gasteiger partial charge in [0.1, 0.15) is 11.9 Å². The van der Waals surface area contributed by atoms with E-state index in [1.54, 1.807) is 6.07 Å². The Kier molecular flexibility index (Phi) is 4.19.